The molecular weight excluding hydrogens is 232 g/mol. The van der Waals surface area contributed by atoms with Crippen molar-refractivity contribution < 1.29 is 0 Å². The summed E-state index contributed by atoms with van der Waals surface area (Å²) in [5.74, 6) is 0. The molecule has 1 N–H and O–H groups in total. The van der Waals surface area contributed by atoms with Crippen molar-refractivity contribution in [2.75, 3.05) is 26.2 Å². The van der Waals surface area contributed by atoms with Crippen molar-refractivity contribution in [2.24, 2.45) is 0 Å². The molecular formula is C17H28N2. The molecule has 19 heavy (non-hydrogen) atoms. The van der Waals surface area contributed by atoms with Crippen LogP contribution in [-0.4, -0.2) is 31.1 Å². The first-order chi connectivity index (χ1) is 9.45. The summed E-state index contributed by atoms with van der Waals surface area (Å²) in [4.78, 5) is 2.64. The molecule has 1 aromatic carbocycles. The van der Waals surface area contributed by atoms with Gasteiger partial charge in [0, 0.05) is 6.54 Å². The van der Waals surface area contributed by atoms with Crippen LogP contribution < -0.4 is 5.32 Å². The Kier molecular flexibility index (Phi) is 6.97. The van der Waals surface area contributed by atoms with E-state index >= 15 is 0 Å². The van der Waals surface area contributed by atoms with Gasteiger partial charge in [-0.25, -0.2) is 0 Å². The number of rotatable bonds is 8. The van der Waals surface area contributed by atoms with Crippen LogP contribution in [0, 0.1) is 0 Å². The van der Waals surface area contributed by atoms with E-state index in [0.717, 1.165) is 13.1 Å². The molecule has 1 saturated heterocycles. The third kappa shape index (κ3) is 6.22. The summed E-state index contributed by atoms with van der Waals surface area (Å²) in [6.45, 7) is 6.15. The first-order valence-electron chi connectivity index (χ1n) is 7.92. The summed E-state index contributed by atoms with van der Waals surface area (Å²) in [5.41, 5.74) is 1.39. The summed E-state index contributed by atoms with van der Waals surface area (Å²) in [6, 6.07) is 10.7. The normalized spacial score (nSPS) is 16.6. The summed E-state index contributed by atoms with van der Waals surface area (Å²) in [6.07, 6.45) is 8.31. The van der Waals surface area contributed by atoms with Gasteiger partial charge in [0.1, 0.15) is 0 Å². The molecule has 0 unspecified atom stereocenters. The number of piperidine rings is 1. The van der Waals surface area contributed by atoms with Crippen LogP contribution in [0.3, 0.4) is 0 Å². The Morgan fingerprint density at radius 3 is 2.47 bits per heavy atom. The molecule has 2 heteroatoms. The number of hydrogen-bond acceptors (Lipinski definition) is 2. The quantitative estimate of drug-likeness (QED) is 0.720. The lowest BCUT2D eigenvalue weighted by molar-refractivity contribution is 0.224. The maximum atomic E-state index is 3.53. The van der Waals surface area contributed by atoms with E-state index in [4.69, 9.17) is 0 Å². The molecule has 1 aliphatic heterocycles. The van der Waals surface area contributed by atoms with E-state index in [1.807, 2.05) is 0 Å². The van der Waals surface area contributed by atoms with Crippen LogP contribution in [0.25, 0.3) is 0 Å². The molecule has 1 fully saturated rings. The molecule has 1 heterocycles. The van der Waals surface area contributed by atoms with Gasteiger partial charge in [0.25, 0.3) is 0 Å². The van der Waals surface area contributed by atoms with Gasteiger partial charge >= 0.3 is 0 Å². The smallest absolute Gasteiger partial charge is 0.0205 e. The average Bonchev–Trinajstić information content (AvgIpc) is 2.48. The zero-order valence-corrected chi connectivity index (χ0v) is 12.1. The third-order valence-corrected chi connectivity index (χ3v) is 3.95. The van der Waals surface area contributed by atoms with E-state index in [-0.39, 0.29) is 0 Å². The van der Waals surface area contributed by atoms with Gasteiger partial charge in [0.2, 0.25) is 0 Å². The fourth-order valence-corrected chi connectivity index (χ4v) is 2.77. The summed E-state index contributed by atoms with van der Waals surface area (Å²) in [5, 5.41) is 3.53. The average molecular weight is 260 g/mol. The number of nitrogens with zero attached hydrogens (tertiary/aromatic N) is 1. The maximum absolute atomic E-state index is 3.53. The van der Waals surface area contributed by atoms with Crippen LogP contribution in [-0.2, 0) is 6.54 Å². The number of nitrogens with one attached hydrogen (secondary N) is 1. The van der Waals surface area contributed by atoms with Crippen molar-refractivity contribution in [3.63, 3.8) is 0 Å². The van der Waals surface area contributed by atoms with Gasteiger partial charge < -0.3 is 10.2 Å². The van der Waals surface area contributed by atoms with Crippen molar-refractivity contribution in [3.8, 4) is 0 Å². The molecule has 2 nitrogen and oxygen atoms in total. The predicted octanol–water partition coefficient (Wildman–Crippen LogP) is 3.43. The van der Waals surface area contributed by atoms with Gasteiger partial charge in [-0.15, -0.1) is 0 Å². The summed E-state index contributed by atoms with van der Waals surface area (Å²) < 4.78 is 0. The highest BCUT2D eigenvalue weighted by molar-refractivity contribution is 5.14. The molecule has 106 valence electrons. The minimum Gasteiger partial charge on any atom is -0.313 e. The maximum Gasteiger partial charge on any atom is 0.0205 e. The highest BCUT2D eigenvalue weighted by Gasteiger charge is 2.08. The van der Waals surface area contributed by atoms with Crippen molar-refractivity contribution in [1.29, 1.82) is 0 Å². The highest BCUT2D eigenvalue weighted by atomic mass is 15.1. The SMILES string of the molecule is c1ccc(CNCCCCCN2CCCCC2)cc1. The monoisotopic (exact) mass is 260 g/mol. The van der Waals surface area contributed by atoms with Crippen LogP contribution in [0.2, 0.25) is 0 Å². The van der Waals surface area contributed by atoms with Crippen LogP contribution in [0.5, 0.6) is 0 Å². The van der Waals surface area contributed by atoms with Gasteiger partial charge in [0.15, 0.2) is 0 Å². The van der Waals surface area contributed by atoms with Crippen molar-refractivity contribution in [3.05, 3.63) is 35.9 Å². The molecule has 0 spiro atoms. The molecule has 1 aromatic rings. The number of likely N-dealkylation sites (tertiary alicyclic amines) is 1. The Morgan fingerprint density at radius 2 is 1.68 bits per heavy atom. The van der Waals surface area contributed by atoms with E-state index < -0.39 is 0 Å². The lowest BCUT2D eigenvalue weighted by atomic mass is 10.1. The van der Waals surface area contributed by atoms with Crippen molar-refractivity contribution in [1.82, 2.24) is 10.2 Å². The number of hydrogen-bond donors (Lipinski definition) is 1. The van der Waals surface area contributed by atoms with Crippen molar-refractivity contribution >= 4 is 0 Å². The fraction of sp³-hybridized carbons (Fsp3) is 0.647. The molecule has 0 aromatic heterocycles. The summed E-state index contributed by atoms with van der Waals surface area (Å²) >= 11 is 0. The van der Waals surface area contributed by atoms with Gasteiger partial charge in [-0.1, -0.05) is 43.2 Å². The van der Waals surface area contributed by atoms with Crippen LogP contribution in [0.15, 0.2) is 30.3 Å². The Bertz CT molecular complexity index is 317. The zero-order chi connectivity index (χ0) is 13.2. The van der Waals surface area contributed by atoms with E-state index in [1.54, 1.807) is 0 Å². The first-order valence-corrected chi connectivity index (χ1v) is 7.92. The second-order valence-corrected chi connectivity index (χ2v) is 5.63. The van der Waals surface area contributed by atoms with Crippen LogP contribution in [0.1, 0.15) is 44.1 Å². The summed E-state index contributed by atoms with van der Waals surface area (Å²) in [7, 11) is 0. The van der Waals surface area contributed by atoms with E-state index in [9.17, 15) is 0 Å². The fourth-order valence-electron chi connectivity index (χ4n) is 2.77. The van der Waals surface area contributed by atoms with Gasteiger partial charge in [-0.3, -0.25) is 0 Å². The standard InChI is InChI=1S/C17H28N2/c1-4-10-17(11-5-1)16-18-12-6-2-7-13-19-14-8-3-9-15-19/h1,4-5,10-11,18H,2-3,6-9,12-16H2. The molecule has 0 bridgehead atoms. The Hall–Kier alpha value is -0.860. The Morgan fingerprint density at radius 1 is 0.895 bits per heavy atom. The number of unbranched alkanes of at least 4 members (excludes halogenated alkanes) is 2. The predicted molar refractivity (Wildman–Crippen MR) is 82.3 cm³/mol. The molecule has 0 aliphatic carbocycles. The number of benzene rings is 1. The molecule has 2 rings (SSSR count). The minimum atomic E-state index is 1.01. The minimum absolute atomic E-state index is 1.01. The van der Waals surface area contributed by atoms with Gasteiger partial charge in [-0.05, 0) is 57.4 Å². The van der Waals surface area contributed by atoms with Crippen LogP contribution >= 0.6 is 0 Å². The third-order valence-electron chi connectivity index (χ3n) is 3.95. The molecule has 1 aliphatic rings. The van der Waals surface area contributed by atoms with E-state index in [0.29, 0.717) is 0 Å². The molecule has 0 radical (unpaired) electrons. The van der Waals surface area contributed by atoms with E-state index in [2.05, 4.69) is 40.5 Å². The van der Waals surface area contributed by atoms with E-state index in [1.165, 1.54) is 63.7 Å². The second-order valence-electron chi connectivity index (χ2n) is 5.63. The zero-order valence-electron chi connectivity index (χ0n) is 12.1. The largest absolute Gasteiger partial charge is 0.313 e. The lowest BCUT2D eigenvalue weighted by Gasteiger charge is -2.26. The highest BCUT2D eigenvalue weighted by Crippen LogP contribution is 2.09. The molecule has 0 atom stereocenters. The topological polar surface area (TPSA) is 15.3 Å². The Balaban J connectivity index is 1.42. The van der Waals surface area contributed by atoms with Crippen molar-refractivity contribution in [2.45, 2.75) is 45.1 Å². The molecule has 0 saturated carbocycles. The first kappa shape index (κ1) is 14.5. The lowest BCUT2D eigenvalue weighted by Crippen LogP contribution is -2.30. The van der Waals surface area contributed by atoms with Gasteiger partial charge in [0.05, 0.1) is 0 Å². The van der Waals surface area contributed by atoms with Crippen LogP contribution in [0.4, 0.5) is 0 Å². The molecule has 0 amide bonds. The van der Waals surface area contributed by atoms with Gasteiger partial charge in [-0.2, -0.15) is 0 Å². The Labute approximate surface area is 118 Å². The second kappa shape index (κ2) is 9.11.